The third-order valence-corrected chi connectivity index (χ3v) is 3.44. The SMILES string of the molecule is CC(=O)N1CCN(C(=O)C2CC(F)(F)CN2)CC1.Cl. The molecule has 2 rings (SSSR count). The van der Waals surface area contributed by atoms with Crippen LogP contribution in [0.15, 0.2) is 0 Å². The lowest BCUT2D eigenvalue weighted by atomic mass is 10.1. The Labute approximate surface area is 116 Å². The highest BCUT2D eigenvalue weighted by Gasteiger charge is 2.43. The number of piperazine rings is 1. The third kappa shape index (κ3) is 3.76. The van der Waals surface area contributed by atoms with Gasteiger partial charge in [-0.2, -0.15) is 0 Å². The van der Waals surface area contributed by atoms with E-state index in [1.54, 1.807) is 9.80 Å². The Morgan fingerprint density at radius 1 is 1.16 bits per heavy atom. The van der Waals surface area contributed by atoms with Gasteiger partial charge in [0.15, 0.2) is 0 Å². The van der Waals surface area contributed by atoms with Crippen LogP contribution in [0.25, 0.3) is 0 Å². The first-order chi connectivity index (χ1) is 8.39. The molecule has 2 heterocycles. The van der Waals surface area contributed by atoms with Crippen molar-refractivity contribution < 1.29 is 18.4 Å². The van der Waals surface area contributed by atoms with Crippen molar-refractivity contribution in [2.24, 2.45) is 0 Å². The summed E-state index contributed by atoms with van der Waals surface area (Å²) in [6.45, 7) is 2.84. The lowest BCUT2D eigenvalue weighted by Crippen LogP contribution is -2.53. The summed E-state index contributed by atoms with van der Waals surface area (Å²) in [5.74, 6) is -3.09. The Balaban J connectivity index is 0.00000180. The van der Waals surface area contributed by atoms with Gasteiger partial charge in [-0.15, -0.1) is 12.4 Å². The van der Waals surface area contributed by atoms with Crippen LogP contribution in [-0.2, 0) is 9.59 Å². The number of alkyl halides is 2. The molecule has 5 nitrogen and oxygen atoms in total. The zero-order chi connectivity index (χ0) is 13.3. The molecular weight excluding hydrogens is 280 g/mol. The molecule has 0 bridgehead atoms. The van der Waals surface area contributed by atoms with Crippen LogP contribution in [0.5, 0.6) is 0 Å². The average Bonchev–Trinajstić information content (AvgIpc) is 2.69. The fraction of sp³-hybridized carbons (Fsp3) is 0.818. The number of hydrogen-bond donors (Lipinski definition) is 1. The molecule has 8 heteroatoms. The first kappa shape index (κ1) is 16.1. The van der Waals surface area contributed by atoms with E-state index in [-0.39, 0.29) is 24.2 Å². The number of rotatable bonds is 1. The highest BCUT2D eigenvalue weighted by atomic mass is 35.5. The van der Waals surface area contributed by atoms with E-state index in [4.69, 9.17) is 0 Å². The Morgan fingerprint density at radius 3 is 2.11 bits per heavy atom. The molecule has 19 heavy (non-hydrogen) atoms. The second-order valence-corrected chi connectivity index (χ2v) is 4.82. The zero-order valence-corrected chi connectivity index (χ0v) is 11.5. The van der Waals surface area contributed by atoms with E-state index in [0.29, 0.717) is 26.2 Å². The van der Waals surface area contributed by atoms with Crippen molar-refractivity contribution in [3.8, 4) is 0 Å². The van der Waals surface area contributed by atoms with Crippen molar-refractivity contribution in [3.05, 3.63) is 0 Å². The molecule has 2 aliphatic heterocycles. The summed E-state index contributed by atoms with van der Waals surface area (Å²) < 4.78 is 26.0. The van der Waals surface area contributed by atoms with Gasteiger partial charge in [-0.3, -0.25) is 14.9 Å². The number of hydrogen-bond acceptors (Lipinski definition) is 3. The fourth-order valence-electron chi connectivity index (χ4n) is 2.35. The Kier molecular flexibility index (Phi) is 5.09. The molecule has 0 spiro atoms. The molecule has 0 saturated carbocycles. The molecule has 1 N–H and O–H groups in total. The van der Waals surface area contributed by atoms with Crippen molar-refractivity contribution in [3.63, 3.8) is 0 Å². The van der Waals surface area contributed by atoms with Crippen LogP contribution in [0, 0.1) is 0 Å². The highest BCUT2D eigenvalue weighted by molar-refractivity contribution is 5.85. The van der Waals surface area contributed by atoms with Gasteiger partial charge in [0.1, 0.15) is 0 Å². The number of carbonyl (C=O) groups is 2. The third-order valence-electron chi connectivity index (χ3n) is 3.44. The average molecular weight is 298 g/mol. The van der Waals surface area contributed by atoms with Gasteiger partial charge in [-0.1, -0.05) is 0 Å². The molecule has 0 aromatic rings. The number of amides is 2. The van der Waals surface area contributed by atoms with Crippen LogP contribution in [0.3, 0.4) is 0 Å². The van der Waals surface area contributed by atoms with Crippen molar-refractivity contribution in [1.82, 2.24) is 15.1 Å². The standard InChI is InChI=1S/C11H17F2N3O2.ClH/c1-8(17)15-2-4-16(5-3-15)10(18)9-6-11(12,13)7-14-9;/h9,14H,2-7H2,1H3;1H. The number of nitrogens with one attached hydrogen (secondary N) is 1. The van der Waals surface area contributed by atoms with Crippen molar-refractivity contribution in [2.45, 2.75) is 25.3 Å². The second kappa shape index (κ2) is 6.00. The Morgan fingerprint density at radius 2 is 1.68 bits per heavy atom. The molecule has 1 atom stereocenters. The Hall–Kier alpha value is -0.950. The normalized spacial score (nSPS) is 25.9. The topological polar surface area (TPSA) is 52.7 Å². The smallest absolute Gasteiger partial charge is 0.262 e. The van der Waals surface area contributed by atoms with Crippen molar-refractivity contribution in [1.29, 1.82) is 0 Å². The maximum absolute atomic E-state index is 13.0. The predicted octanol–water partition coefficient (Wildman–Crippen LogP) is 0.0961. The molecule has 1 unspecified atom stereocenters. The minimum absolute atomic E-state index is 0. The van der Waals surface area contributed by atoms with E-state index in [1.807, 2.05) is 0 Å². The minimum Gasteiger partial charge on any atom is -0.339 e. The molecule has 2 saturated heterocycles. The molecule has 2 fully saturated rings. The van der Waals surface area contributed by atoms with E-state index < -0.39 is 24.9 Å². The van der Waals surface area contributed by atoms with Gasteiger partial charge >= 0.3 is 0 Å². The molecular formula is C11H18ClF2N3O2. The predicted molar refractivity (Wildman–Crippen MR) is 67.4 cm³/mol. The largest absolute Gasteiger partial charge is 0.339 e. The summed E-state index contributed by atoms with van der Waals surface area (Å²) in [5, 5.41) is 2.56. The van der Waals surface area contributed by atoms with Crippen LogP contribution in [0.2, 0.25) is 0 Å². The van der Waals surface area contributed by atoms with Gasteiger partial charge in [-0.25, -0.2) is 8.78 Å². The molecule has 0 aromatic heterocycles. The molecule has 110 valence electrons. The van der Waals surface area contributed by atoms with Crippen LogP contribution < -0.4 is 5.32 Å². The van der Waals surface area contributed by atoms with Crippen LogP contribution in [0.4, 0.5) is 8.78 Å². The summed E-state index contributed by atoms with van der Waals surface area (Å²) in [5.41, 5.74) is 0. The van der Waals surface area contributed by atoms with Gasteiger partial charge in [-0.05, 0) is 0 Å². The number of carbonyl (C=O) groups excluding carboxylic acids is 2. The lowest BCUT2D eigenvalue weighted by Gasteiger charge is -2.35. The summed E-state index contributed by atoms with van der Waals surface area (Å²) >= 11 is 0. The van der Waals surface area contributed by atoms with Crippen molar-refractivity contribution >= 4 is 24.2 Å². The van der Waals surface area contributed by atoms with E-state index >= 15 is 0 Å². The maximum atomic E-state index is 13.0. The number of nitrogens with zero attached hydrogens (tertiary/aromatic N) is 2. The fourth-order valence-corrected chi connectivity index (χ4v) is 2.35. The van der Waals surface area contributed by atoms with Gasteiger partial charge < -0.3 is 9.80 Å². The summed E-state index contributed by atoms with van der Waals surface area (Å²) in [4.78, 5) is 26.3. The molecule has 0 radical (unpaired) electrons. The van der Waals surface area contributed by atoms with Crippen LogP contribution in [0.1, 0.15) is 13.3 Å². The molecule has 0 aromatic carbocycles. The van der Waals surface area contributed by atoms with Gasteiger partial charge in [0.05, 0.1) is 12.6 Å². The van der Waals surface area contributed by atoms with E-state index in [1.165, 1.54) is 6.92 Å². The summed E-state index contributed by atoms with van der Waals surface area (Å²) in [7, 11) is 0. The quantitative estimate of drug-likeness (QED) is 0.747. The summed E-state index contributed by atoms with van der Waals surface area (Å²) in [6, 6.07) is -0.788. The van der Waals surface area contributed by atoms with Crippen LogP contribution in [-0.4, -0.2) is 66.3 Å². The maximum Gasteiger partial charge on any atom is 0.262 e. The summed E-state index contributed by atoms with van der Waals surface area (Å²) in [6.07, 6.45) is -0.432. The second-order valence-electron chi connectivity index (χ2n) is 4.82. The molecule has 2 aliphatic rings. The monoisotopic (exact) mass is 297 g/mol. The van der Waals surface area contributed by atoms with E-state index in [9.17, 15) is 18.4 Å². The van der Waals surface area contributed by atoms with E-state index in [2.05, 4.69) is 5.32 Å². The van der Waals surface area contributed by atoms with Gasteiger partial charge in [0, 0.05) is 39.5 Å². The highest BCUT2D eigenvalue weighted by Crippen LogP contribution is 2.26. The lowest BCUT2D eigenvalue weighted by molar-refractivity contribution is -0.140. The van der Waals surface area contributed by atoms with Gasteiger partial charge in [0.2, 0.25) is 11.8 Å². The molecule has 0 aliphatic carbocycles. The minimum atomic E-state index is -2.79. The molecule has 2 amide bonds. The zero-order valence-electron chi connectivity index (χ0n) is 10.7. The van der Waals surface area contributed by atoms with Gasteiger partial charge in [0.25, 0.3) is 5.92 Å². The first-order valence-corrected chi connectivity index (χ1v) is 6.04. The van der Waals surface area contributed by atoms with Crippen LogP contribution >= 0.6 is 12.4 Å². The van der Waals surface area contributed by atoms with E-state index in [0.717, 1.165) is 0 Å². The number of halogens is 3. The van der Waals surface area contributed by atoms with Crippen molar-refractivity contribution in [2.75, 3.05) is 32.7 Å². The Bertz CT molecular complexity index is 360. The first-order valence-electron chi connectivity index (χ1n) is 6.04.